The summed E-state index contributed by atoms with van der Waals surface area (Å²) in [6.07, 6.45) is 0.805. The van der Waals surface area contributed by atoms with Gasteiger partial charge < -0.3 is 16.0 Å². The van der Waals surface area contributed by atoms with E-state index < -0.39 is 0 Å². The van der Waals surface area contributed by atoms with Crippen LogP contribution in [0.25, 0.3) is 0 Å². The maximum Gasteiger partial charge on any atom is 0.238 e. The van der Waals surface area contributed by atoms with Crippen molar-refractivity contribution in [1.82, 2.24) is 5.32 Å². The fourth-order valence-electron chi connectivity index (χ4n) is 2.17. The van der Waals surface area contributed by atoms with Crippen molar-refractivity contribution < 1.29 is 9.59 Å². The van der Waals surface area contributed by atoms with Crippen LogP contribution in [-0.4, -0.2) is 24.9 Å². The van der Waals surface area contributed by atoms with Crippen LogP contribution in [-0.2, 0) is 16.0 Å². The van der Waals surface area contributed by atoms with Crippen LogP contribution < -0.4 is 16.0 Å². The summed E-state index contributed by atoms with van der Waals surface area (Å²) in [5.74, 6) is -0.246. The zero-order valence-corrected chi connectivity index (χ0v) is 14.2. The van der Waals surface area contributed by atoms with E-state index in [2.05, 4.69) is 16.0 Å². The number of rotatable bonds is 7. The minimum atomic E-state index is -0.129. The predicted molar refractivity (Wildman–Crippen MR) is 97.4 cm³/mol. The lowest BCUT2D eigenvalue weighted by molar-refractivity contribution is -0.115. The van der Waals surface area contributed by atoms with Crippen molar-refractivity contribution in [2.75, 3.05) is 23.7 Å². The van der Waals surface area contributed by atoms with Crippen molar-refractivity contribution in [3.05, 3.63) is 59.1 Å². The van der Waals surface area contributed by atoms with Crippen LogP contribution in [0.1, 0.15) is 12.5 Å². The van der Waals surface area contributed by atoms with Gasteiger partial charge in [0.05, 0.1) is 6.54 Å². The first-order valence-corrected chi connectivity index (χ1v) is 8.03. The first kappa shape index (κ1) is 18.0. The number of anilines is 2. The molecular weight excluding hydrogens is 326 g/mol. The van der Waals surface area contributed by atoms with Crippen molar-refractivity contribution in [2.45, 2.75) is 13.3 Å². The summed E-state index contributed by atoms with van der Waals surface area (Å²) in [7, 11) is 0. The lowest BCUT2D eigenvalue weighted by Crippen LogP contribution is -2.29. The Balaban J connectivity index is 1.70. The van der Waals surface area contributed by atoms with Gasteiger partial charge in [0.1, 0.15) is 0 Å². The highest BCUT2D eigenvalue weighted by Gasteiger charge is 2.03. The van der Waals surface area contributed by atoms with Gasteiger partial charge in [0, 0.05) is 23.3 Å². The molecule has 0 unspecified atom stereocenters. The molecule has 6 heteroatoms. The zero-order valence-electron chi connectivity index (χ0n) is 13.4. The Morgan fingerprint density at radius 2 is 1.67 bits per heavy atom. The van der Waals surface area contributed by atoms with Gasteiger partial charge in [-0.1, -0.05) is 23.7 Å². The molecule has 0 heterocycles. The Bertz CT molecular complexity index is 702. The van der Waals surface area contributed by atoms with Gasteiger partial charge in [0.15, 0.2) is 0 Å². The Labute approximate surface area is 146 Å². The number of hydrogen-bond donors (Lipinski definition) is 3. The molecule has 2 aromatic rings. The first-order valence-electron chi connectivity index (χ1n) is 7.65. The molecule has 0 spiro atoms. The molecule has 0 aliphatic carbocycles. The van der Waals surface area contributed by atoms with Gasteiger partial charge in [-0.3, -0.25) is 9.59 Å². The van der Waals surface area contributed by atoms with E-state index >= 15 is 0 Å². The average Bonchev–Trinajstić information content (AvgIpc) is 2.53. The normalized spacial score (nSPS) is 10.2. The van der Waals surface area contributed by atoms with Crippen LogP contribution >= 0.6 is 11.6 Å². The van der Waals surface area contributed by atoms with Gasteiger partial charge in [0.25, 0.3) is 0 Å². The fraction of sp³-hybridized carbons (Fsp3) is 0.222. The molecule has 126 valence electrons. The molecule has 0 bridgehead atoms. The van der Waals surface area contributed by atoms with Crippen LogP contribution in [0.2, 0.25) is 5.02 Å². The smallest absolute Gasteiger partial charge is 0.238 e. The van der Waals surface area contributed by atoms with E-state index in [0.717, 1.165) is 12.0 Å². The number of nitrogens with one attached hydrogen (secondary N) is 3. The van der Waals surface area contributed by atoms with E-state index in [1.165, 1.54) is 6.92 Å². The number of amides is 2. The van der Waals surface area contributed by atoms with Gasteiger partial charge in [0.2, 0.25) is 11.8 Å². The molecule has 3 N–H and O–H groups in total. The van der Waals surface area contributed by atoms with Crippen LogP contribution in [0.15, 0.2) is 48.5 Å². The maximum atomic E-state index is 11.9. The lowest BCUT2D eigenvalue weighted by Gasteiger charge is -2.08. The van der Waals surface area contributed by atoms with Crippen molar-refractivity contribution in [1.29, 1.82) is 0 Å². The molecule has 0 aromatic heterocycles. The Kier molecular flexibility index (Phi) is 6.78. The fourth-order valence-corrected chi connectivity index (χ4v) is 2.39. The zero-order chi connectivity index (χ0) is 17.4. The number of halogens is 1. The van der Waals surface area contributed by atoms with Crippen LogP contribution in [0.3, 0.4) is 0 Å². The van der Waals surface area contributed by atoms with Crippen LogP contribution in [0.4, 0.5) is 11.4 Å². The minimum Gasteiger partial charge on any atom is -0.326 e. The van der Waals surface area contributed by atoms with E-state index in [9.17, 15) is 9.59 Å². The summed E-state index contributed by atoms with van der Waals surface area (Å²) in [4.78, 5) is 22.8. The van der Waals surface area contributed by atoms with E-state index in [1.54, 1.807) is 24.3 Å². The minimum absolute atomic E-state index is 0.117. The molecule has 0 aliphatic heterocycles. The highest BCUT2D eigenvalue weighted by Crippen LogP contribution is 2.13. The molecule has 0 saturated heterocycles. The number of hydrogen-bond acceptors (Lipinski definition) is 3. The third kappa shape index (κ3) is 6.40. The summed E-state index contributed by atoms with van der Waals surface area (Å²) in [5, 5.41) is 9.28. The predicted octanol–water partition coefficient (Wildman–Crippen LogP) is 3.07. The summed E-state index contributed by atoms with van der Waals surface area (Å²) in [5.41, 5.74) is 2.51. The van der Waals surface area contributed by atoms with Crippen molar-refractivity contribution in [2.24, 2.45) is 0 Å². The second-order valence-corrected chi connectivity index (χ2v) is 5.80. The summed E-state index contributed by atoms with van der Waals surface area (Å²) >= 11 is 5.93. The van der Waals surface area contributed by atoms with E-state index in [4.69, 9.17) is 11.6 Å². The van der Waals surface area contributed by atoms with Crippen LogP contribution in [0, 0.1) is 0 Å². The number of benzene rings is 2. The van der Waals surface area contributed by atoms with Crippen molar-refractivity contribution in [3.63, 3.8) is 0 Å². The topological polar surface area (TPSA) is 70.2 Å². The summed E-state index contributed by atoms with van der Waals surface area (Å²) in [6.45, 7) is 2.37. The van der Waals surface area contributed by atoms with Gasteiger partial charge >= 0.3 is 0 Å². The molecule has 0 saturated carbocycles. The molecule has 0 fully saturated rings. The van der Waals surface area contributed by atoms with Crippen molar-refractivity contribution >= 4 is 34.8 Å². The molecule has 5 nitrogen and oxygen atoms in total. The lowest BCUT2D eigenvalue weighted by atomic mass is 10.1. The molecular formula is C18H20ClN3O2. The van der Waals surface area contributed by atoms with Crippen LogP contribution in [0.5, 0.6) is 0 Å². The highest BCUT2D eigenvalue weighted by atomic mass is 35.5. The van der Waals surface area contributed by atoms with Gasteiger partial charge in [-0.25, -0.2) is 0 Å². The molecule has 24 heavy (non-hydrogen) atoms. The number of carbonyl (C=O) groups is 2. The second-order valence-electron chi connectivity index (χ2n) is 5.36. The highest BCUT2D eigenvalue weighted by molar-refractivity contribution is 6.30. The third-order valence-corrected chi connectivity index (χ3v) is 3.49. The second kappa shape index (κ2) is 9.05. The summed E-state index contributed by atoms with van der Waals surface area (Å²) in [6, 6.07) is 14.6. The third-order valence-electron chi connectivity index (χ3n) is 3.25. The first-order chi connectivity index (χ1) is 11.5. The summed E-state index contributed by atoms with van der Waals surface area (Å²) < 4.78 is 0. The van der Waals surface area contributed by atoms with Gasteiger partial charge in [-0.2, -0.15) is 0 Å². The SMILES string of the molecule is CC(=O)Nc1ccc(NC(=O)CNCCc2cccc(Cl)c2)cc1. The van der Waals surface area contributed by atoms with Crippen molar-refractivity contribution in [3.8, 4) is 0 Å². The van der Waals surface area contributed by atoms with E-state index in [0.29, 0.717) is 22.9 Å². The molecule has 0 aliphatic rings. The Hall–Kier alpha value is -2.37. The standard InChI is InChI=1S/C18H20ClN3O2/c1-13(23)21-16-5-7-17(8-6-16)22-18(24)12-20-10-9-14-3-2-4-15(19)11-14/h2-8,11,20H,9-10,12H2,1H3,(H,21,23)(H,22,24). The molecule has 2 amide bonds. The molecule has 2 rings (SSSR count). The number of carbonyl (C=O) groups excluding carboxylic acids is 2. The average molecular weight is 346 g/mol. The van der Waals surface area contributed by atoms with E-state index in [1.807, 2.05) is 24.3 Å². The maximum absolute atomic E-state index is 11.9. The van der Waals surface area contributed by atoms with E-state index in [-0.39, 0.29) is 18.4 Å². The monoisotopic (exact) mass is 345 g/mol. The van der Waals surface area contributed by atoms with Gasteiger partial charge in [-0.05, 0) is 54.9 Å². The molecule has 0 atom stereocenters. The molecule has 0 radical (unpaired) electrons. The Morgan fingerprint density at radius 1 is 1.00 bits per heavy atom. The largest absolute Gasteiger partial charge is 0.326 e. The quantitative estimate of drug-likeness (QED) is 0.675. The molecule has 2 aromatic carbocycles. The van der Waals surface area contributed by atoms with Gasteiger partial charge in [-0.15, -0.1) is 0 Å². The Morgan fingerprint density at radius 3 is 2.29 bits per heavy atom.